The van der Waals surface area contributed by atoms with Gasteiger partial charge < -0.3 is 15.0 Å². The standard InChI is InChI=1S/C16H21N3O2/c1-12(15-7-4-8-21-15)18-16(20)19(2)11-14-6-3-5-13(9-14)10-17/h3,5-6,9,12,15H,4,7-8,11H2,1-2H3,(H,18,20). The van der Waals surface area contributed by atoms with Gasteiger partial charge in [-0.25, -0.2) is 4.79 Å². The van der Waals surface area contributed by atoms with Crippen LogP contribution in [0.15, 0.2) is 24.3 Å². The molecule has 5 heteroatoms. The van der Waals surface area contributed by atoms with Crippen LogP contribution in [0.1, 0.15) is 30.9 Å². The number of hydrogen-bond donors (Lipinski definition) is 1. The molecule has 2 rings (SSSR count). The maximum absolute atomic E-state index is 12.2. The van der Waals surface area contributed by atoms with Gasteiger partial charge in [-0.05, 0) is 37.5 Å². The fourth-order valence-electron chi connectivity index (χ4n) is 2.48. The molecule has 5 nitrogen and oxygen atoms in total. The van der Waals surface area contributed by atoms with Crippen LogP contribution in [0.2, 0.25) is 0 Å². The number of carbonyl (C=O) groups is 1. The zero-order valence-electron chi connectivity index (χ0n) is 12.5. The molecule has 0 radical (unpaired) electrons. The monoisotopic (exact) mass is 287 g/mol. The first-order valence-electron chi connectivity index (χ1n) is 7.22. The lowest BCUT2D eigenvalue weighted by Gasteiger charge is -2.24. The highest BCUT2D eigenvalue weighted by Crippen LogP contribution is 2.15. The predicted molar refractivity (Wildman–Crippen MR) is 79.6 cm³/mol. The number of carbonyl (C=O) groups excluding carboxylic acids is 1. The lowest BCUT2D eigenvalue weighted by atomic mass is 10.1. The Hall–Kier alpha value is -2.06. The van der Waals surface area contributed by atoms with Gasteiger partial charge >= 0.3 is 6.03 Å². The fraction of sp³-hybridized carbons (Fsp3) is 0.500. The van der Waals surface area contributed by atoms with Crippen LogP contribution in [0.3, 0.4) is 0 Å². The van der Waals surface area contributed by atoms with Crippen LogP contribution < -0.4 is 5.32 Å². The molecule has 2 unspecified atom stereocenters. The number of amides is 2. The number of benzene rings is 1. The SMILES string of the molecule is CC(NC(=O)N(C)Cc1cccc(C#N)c1)C1CCCO1. The zero-order valence-corrected chi connectivity index (χ0v) is 12.5. The minimum absolute atomic E-state index is 0.00731. The Morgan fingerprint density at radius 3 is 3.10 bits per heavy atom. The van der Waals surface area contributed by atoms with E-state index < -0.39 is 0 Å². The van der Waals surface area contributed by atoms with E-state index in [0.29, 0.717) is 12.1 Å². The van der Waals surface area contributed by atoms with E-state index >= 15 is 0 Å². The van der Waals surface area contributed by atoms with Gasteiger partial charge in [-0.15, -0.1) is 0 Å². The average Bonchev–Trinajstić information content (AvgIpc) is 3.01. The predicted octanol–water partition coefficient (Wildman–Crippen LogP) is 2.27. The third-order valence-corrected chi connectivity index (χ3v) is 3.70. The number of hydrogen-bond acceptors (Lipinski definition) is 3. The Bertz CT molecular complexity index is 533. The average molecular weight is 287 g/mol. The summed E-state index contributed by atoms with van der Waals surface area (Å²) in [4.78, 5) is 13.8. The van der Waals surface area contributed by atoms with Crippen LogP contribution in [0.25, 0.3) is 0 Å². The molecular formula is C16H21N3O2. The molecule has 1 saturated heterocycles. The second kappa shape index (κ2) is 7.09. The van der Waals surface area contributed by atoms with Gasteiger partial charge in [-0.2, -0.15) is 5.26 Å². The highest BCUT2D eigenvalue weighted by molar-refractivity contribution is 5.74. The van der Waals surface area contributed by atoms with Gasteiger partial charge in [0.1, 0.15) is 0 Å². The van der Waals surface area contributed by atoms with E-state index in [2.05, 4.69) is 11.4 Å². The van der Waals surface area contributed by atoms with Crippen molar-refractivity contribution in [2.45, 2.75) is 38.5 Å². The van der Waals surface area contributed by atoms with Crippen molar-refractivity contribution in [3.05, 3.63) is 35.4 Å². The second-order valence-electron chi connectivity index (χ2n) is 5.46. The van der Waals surface area contributed by atoms with Gasteiger partial charge in [0.05, 0.1) is 23.8 Å². The first-order valence-corrected chi connectivity index (χ1v) is 7.22. The van der Waals surface area contributed by atoms with Crippen LogP contribution in [0.5, 0.6) is 0 Å². The molecule has 1 N–H and O–H groups in total. The topological polar surface area (TPSA) is 65.4 Å². The van der Waals surface area contributed by atoms with Gasteiger partial charge in [0.25, 0.3) is 0 Å². The van der Waals surface area contributed by atoms with Crippen molar-refractivity contribution < 1.29 is 9.53 Å². The van der Waals surface area contributed by atoms with E-state index in [-0.39, 0.29) is 18.2 Å². The van der Waals surface area contributed by atoms with E-state index in [1.165, 1.54) is 0 Å². The lowest BCUT2D eigenvalue weighted by Crippen LogP contribution is -2.46. The summed E-state index contributed by atoms with van der Waals surface area (Å²) in [6.45, 7) is 3.22. The van der Waals surface area contributed by atoms with Gasteiger partial charge in [-0.3, -0.25) is 0 Å². The van der Waals surface area contributed by atoms with Crippen LogP contribution in [0.4, 0.5) is 4.79 Å². The van der Waals surface area contributed by atoms with Crippen LogP contribution in [0, 0.1) is 11.3 Å². The molecule has 1 fully saturated rings. The highest BCUT2D eigenvalue weighted by Gasteiger charge is 2.24. The van der Waals surface area contributed by atoms with Crippen molar-refractivity contribution in [2.75, 3.05) is 13.7 Å². The third-order valence-electron chi connectivity index (χ3n) is 3.70. The molecule has 112 valence electrons. The number of nitrogens with one attached hydrogen (secondary N) is 1. The van der Waals surface area contributed by atoms with Crippen LogP contribution in [-0.4, -0.2) is 36.7 Å². The largest absolute Gasteiger partial charge is 0.376 e. The summed E-state index contributed by atoms with van der Waals surface area (Å²) in [7, 11) is 1.75. The molecule has 1 heterocycles. The Morgan fingerprint density at radius 2 is 2.43 bits per heavy atom. The van der Waals surface area contributed by atoms with E-state index in [4.69, 9.17) is 10.00 Å². The molecule has 21 heavy (non-hydrogen) atoms. The number of nitrogens with zero attached hydrogens (tertiary/aromatic N) is 2. The summed E-state index contributed by atoms with van der Waals surface area (Å²) >= 11 is 0. The molecule has 2 amide bonds. The van der Waals surface area contributed by atoms with E-state index in [1.807, 2.05) is 19.1 Å². The molecule has 0 spiro atoms. The van der Waals surface area contributed by atoms with Crippen molar-refractivity contribution in [3.8, 4) is 6.07 Å². The van der Waals surface area contributed by atoms with Gasteiger partial charge in [0, 0.05) is 20.2 Å². The van der Waals surface area contributed by atoms with Crippen molar-refractivity contribution >= 4 is 6.03 Å². The summed E-state index contributed by atoms with van der Waals surface area (Å²) in [6.07, 6.45) is 2.17. The molecule has 0 bridgehead atoms. The van der Waals surface area contributed by atoms with Gasteiger partial charge in [0.15, 0.2) is 0 Å². The molecule has 1 aliphatic rings. The first kappa shape index (κ1) is 15.3. The Kier molecular flexibility index (Phi) is 5.18. The van der Waals surface area contributed by atoms with Crippen molar-refractivity contribution in [1.82, 2.24) is 10.2 Å². The second-order valence-corrected chi connectivity index (χ2v) is 5.46. The summed E-state index contributed by atoms with van der Waals surface area (Å²) in [5, 5.41) is 11.9. The third kappa shape index (κ3) is 4.20. The molecule has 0 saturated carbocycles. The summed E-state index contributed by atoms with van der Waals surface area (Å²) in [5.74, 6) is 0. The van der Waals surface area contributed by atoms with E-state index in [9.17, 15) is 4.79 Å². The number of urea groups is 1. The minimum Gasteiger partial charge on any atom is -0.376 e. The molecule has 1 aromatic rings. The van der Waals surface area contributed by atoms with E-state index in [0.717, 1.165) is 25.0 Å². The number of nitriles is 1. The highest BCUT2D eigenvalue weighted by atomic mass is 16.5. The first-order chi connectivity index (χ1) is 10.1. The Labute approximate surface area is 125 Å². The summed E-state index contributed by atoms with van der Waals surface area (Å²) < 4.78 is 5.57. The van der Waals surface area contributed by atoms with Gasteiger partial charge in [0.2, 0.25) is 0 Å². The Balaban J connectivity index is 1.88. The molecule has 1 aromatic carbocycles. The molecule has 0 aliphatic carbocycles. The summed E-state index contributed by atoms with van der Waals surface area (Å²) in [5.41, 5.74) is 1.55. The zero-order chi connectivity index (χ0) is 15.2. The maximum atomic E-state index is 12.2. The fourth-order valence-corrected chi connectivity index (χ4v) is 2.48. The molecule has 1 aliphatic heterocycles. The minimum atomic E-state index is -0.125. The van der Waals surface area contributed by atoms with Gasteiger partial charge in [-0.1, -0.05) is 12.1 Å². The quantitative estimate of drug-likeness (QED) is 0.923. The van der Waals surface area contributed by atoms with E-state index in [1.54, 1.807) is 24.1 Å². The maximum Gasteiger partial charge on any atom is 0.317 e. The molecule has 2 atom stereocenters. The molecule has 0 aromatic heterocycles. The number of rotatable bonds is 4. The smallest absolute Gasteiger partial charge is 0.317 e. The lowest BCUT2D eigenvalue weighted by molar-refractivity contribution is 0.0838. The van der Waals surface area contributed by atoms with Crippen LogP contribution >= 0.6 is 0 Å². The summed E-state index contributed by atoms with van der Waals surface area (Å²) in [6, 6.07) is 9.28. The van der Waals surface area contributed by atoms with Crippen LogP contribution in [-0.2, 0) is 11.3 Å². The van der Waals surface area contributed by atoms with Crippen molar-refractivity contribution in [3.63, 3.8) is 0 Å². The Morgan fingerprint density at radius 1 is 1.62 bits per heavy atom. The normalized spacial score (nSPS) is 18.8. The van der Waals surface area contributed by atoms with Crippen molar-refractivity contribution in [1.29, 1.82) is 5.26 Å². The van der Waals surface area contributed by atoms with Crippen molar-refractivity contribution in [2.24, 2.45) is 0 Å². The molecular weight excluding hydrogens is 266 g/mol. The number of ether oxygens (including phenoxy) is 1.